The minimum Gasteiger partial charge on any atom is -0.489 e. The number of nitrogens with zero attached hydrogens (tertiary/aromatic N) is 3. The molecule has 1 atom stereocenters. The summed E-state index contributed by atoms with van der Waals surface area (Å²) >= 11 is 2.78. The Morgan fingerprint density at radius 1 is 1.12 bits per heavy atom. The van der Waals surface area contributed by atoms with Crippen LogP contribution in [0.1, 0.15) is 48.7 Å². The van der Waals surface area contributed by atoms with Crippen LogP contribution in [0.2, 0.25) is 0 Å². The maximum atomic E-state index is 13.8. The first-order chi connectivity index (χ1) is 19.9. The maximum absolute atomic E-state index is 13.8. The van der Waals surface area contributed by atoms with Crippen molar-refractivity contribution in [3.8, 4) is 5.75 Å². The monoisotopic (exact) mass is 589 g/mol. The van der Waals surface area contributed by atoms with Gasteiger partial charge in [0.05, 0.1) is 27.3 Å². The molecule has 1 aliphatic heterocycles. The number of allylic oxidation sites excluding steroid dienone is 1. The van der Waals surface area contributed by atoms with E-state index in [1.54, 1.807) is 35.8 Å². The number of thiazole rings is 1. The Labute approximate surface area is 243 Å². The zero-order chi connectivity index (χ0) is 28.9. The molecule has 0 spiro atoms. The lowest BCUT2D eigenvalue weighted by Crippen LogP contribution is -2.39. The topological polar surface area (TPSA) is 113 Å². The van der Waals surface area contributed by atoms with Gasteiger partial charge in [0.25, 0.3) is 11.2 Å². The molecule has 0 N–H and O–H groups in total. The molecule has 210 valence electrons. The number of esters is 1. The van der Waals surface area contributed by atoms with E-state index in [0.29, 0.717) is 32.8 Å². The van der Waals surface area contributed by atoms with E-state index >= 15 is 0 Å². The van der Waals surface area contributed by atoms with Crippen molar-refractivity contribution in [3.05, 3.63) is 123 Å². The number of non-ortho nitro benzene ring substituents is 1. The average Bonchev–Trinajstić information content (AvgIpc) is 3.61. The molecule has 1 aliphatic rings. The summed E-state index contributed by atoms with van der Waals surface area (Å²) in [5.74, 6) is 0.180. The molecule has 0 aliphatic carbocycles. The number of nitro benzene ring substituents is 1. The van der Waals surface area contributed by atoms with Crippen molar-refractivity contribution in [2.24, 2.45) is 4.99 Å². The van der Waals surface area contributed by atoms with Crippen molar-refractivity contribution in [2.45, 2.75) is 39.3 Å². The summed E-state index contributed by atoms with van der Waals surface area (Å²) < 4.78 is 13.3. The summed E-state index contributed by atoms with van der Waals surface area (Å²) in [5.41, 5.74) is 2.51. The van der Waals surface area contributed by atoms with Crippen LogP contribution in [-0.4, -0.2) is 22.1 Å². The van der Waals surface area contributed by atoms with Gasteiger partial charge in [0.1, 0.15) is 18.4 Å². The smallest absolute Gasteiger partial charge is 0.338 e. The van der Waals surface area contributed by atoms with Crippen molar-refractivity contribution in [2.75, 3.05) is 6.61 Å². The average molecular weight is 590 g/mol. The first-order valence-electron chi connectivity index (χ1n) is 13.1. The third-order valence-electron chi connectivity index (χ3n) is 6.44. The van der Waals surface area contributed by atoms with Gasteiger partial charge in [0, 0.05) is 17.0 Å². The molecule has 1 unspecified atom stereocenters. The quantitative estimate of drug-likeness (QED) is 0.144. The molecule has 3 heterocycles. The molecule has 41 heavy (non-hydrogen) atoms. The lowest BCUT2D eigenvalue weighted by molar-refractivity contribution is -0.384. The van der Waals surface area contributed by atoms with Crippen LogP contribution in [0.25, 0.3) is 6.08 Å². The van der Waals surface area contributed by atoms with Crippen LogP contribution in [0, 0.1) is 10.1 Å². The van der Waals surface area contributed by atoms with Gasteiger partial charge < -0.3 is 9.47 Å². The van der Waals surface area contributed by atoms with E-state index in [-0.39, 0.29) is 24.5 Å². The van der Waals surface area contributed by atoms with Gasteiger partial charge >= 0.3 is 5.97 Å². The summed E-state index contributed by atoms with van der Waals surface area (Å²) in [6.07, 6.45) is 3.21. The highest BCUT2D eigenvalue weighted by molar-refractivity contribution is 7.10. The number of benzene rings is 2. The second-order valence-corrected chi connectivity index (χ2v) is 11.2. The Hall–Kier alpha value is -4.35. The predicted octanol–water partition coefficient (Wildman–Crippen LogP) is 5.13. The number of hydrogen-bond acceptors (Lipinski definition) is 9. The van der Waals surface area contributed by atoms with Crippen molar-refractivity contribution in [1.82, 2.24) is 4.57 Å². The van der Waals surface area contributed by atoms with Gasteiger partial charge in [-0.15, -0.1) is 11.3 Å². The Balaban J connectivity index is 1.45. The van der Waals surface area contributed by atoms with Gasteiger partial charge in [-0.05, 0) is 66.3 Å². The number of nitro groups is 1. The molecule has 2 aromatic heterocycles. The van der Waals surface area contributed by atoms with Crippen LogP contribution in [0.15, 0.2) is 87.1 Å². The fraction of sp³-hybridized carbons (Fsp3) is 0.233. The van der Waals surface area contributed by atoms with Crippen LogP contribution >= 0.6 is 22.7 Å². The molecular weight excluding hydrogens is 562 g/mol. The summed E-state index contributed by atoms with van der Waals surface area (Å²) in [5, 5.41) is 12.8. The summed E-state index contributed by atoms with van der Waals surface area (Å²) in [6, 6.07) is 16.8. The molecule has 5 rings (SSSR count). The van der Waals surface area contributed by atoms with Crippen LogP contribution in [0.4, 0.5) is 5.69 Å². The third-order valence-corrected chi connectivity index (χ3v) is 8.34. The van der Waals surface area contributed by atoms with Crippen molar-refractivity contribution < 1.29 is 19.2 Å². The van der Waals surface area contributed by atoms with Crippen LogP contribution in [-0.2, 0) is 16.1 Å². The van der Waals surface area contributed by atoms with Crippen molar-refractivity contribution in [1.29, 1.82) is 0 Å². The molecule has 0 saturated carbocycles. The third kappa shape index (κ3) is 6.06. The van der Waals surface area contributed by atoms with Crippen LogP contribution < -0.4 is 19.6 Å². The highest BCUT2D eigenvalue weighted by Gasteiger charge is 2.34. The normalized spacial score (nSPS) is 14.9. The number of ether oxygens (including phenoxy) is 2. The second-order valence-electron chi connectivity index (χ2n) is 9.21. The summed E-state index contributed by atoms with van der Waals surface area (Å²) in [7, 11) is 0. The zero-order valence-corrected chi connectivity index (χ0v) is 24.1. The molecule has 11 heteroatoms. The highest BCUT2D eigenvalue weighted by atomic mass is 32.1. The van der Waals surface area contributed by atoms with Crippen molar-refractivity contribution in [3.63, 3.8) is 0 Å². The lowest BCUT2D eigenvalue weighted by Gasteiger charge is -2.24. The minimum absolute atomic E-state index is 0.0313. The SMILES string of the molecule is CCCC1=C(C(=O)OCC)C(c2cccs2)n2c(s/c(=C\c3ccc(OCc4ccc([N+](=O)[O-])cc4)cc3)c2=O)=N1. The number of fused-ring (bicyclic) bond motifs is 1. The Bertz CT molecular complexity index is 1770. The Morgan fingerprint density at radius 3 is 2.51 bits per heavy atom. The number of carbonyl (C=O) groups is 1. The van der Waals surface area contributed by atoms with Gasteiger partial charge in [-0.1, -0.05) is 42.9 Å². The van der Waals surface area contributed by atoms with Gasteiger partial charge in [-0.25, -0.2) is 9.79 Å². The zero-order valence-electron chi connectivity index (χ0n) is 22.4. The van der Waals surface area contributed by atoms with E-state index < -0.39 is 16.9 Å². The van der Waals surface area contributed by atoms with Crippen LogP contribution in [0.3, 0.4) is 0 Å². The van der Waals surface area contributed by atoms with Gasteiger partial charge in [0.2, 0.25) is 0 Å². The molecule has 9 nitrogen and oxygen atoms in total. The molecule has 2 aromatic carbocycles. The first-order valence-corrected chi connectivity index (χ1v) is 14.8. The second kappa shape index (κ2) is 12.4. The van der Waals surface area contributed by atoms with Gasteiger partial charge in [0.15, 0.2) is 4.80 Å². The number of thiophene rings is 1. The van der Waals surface area contributed by atoms with Crippen LogP contribution in [0.5, 0.6) is 5.75 Å². The number of rotatable bonds is 10. The minimum atomic E-state index is -0.593. The molecule has 0 amide bonds. The van der Waals surface area contributed by atoms with E-state index in [1.165, 1.54) is 34.8 Å². The molecule has 0 radical (unpaired) electrons. The summed E-state index contributed by atoms with van der Waals surface area (Å²) in [6.45, 7) is 4.29. The van der Waals surface area contributed by atoms with Gasteiger partial charge in [-0.3, -0.25) is 19.5 Å². The number of hydrogen-bond donors (Lipinski definition) is 0. The maximum Gasteiger partial charge on any atom is 0.338 e. The Morgan fingerprint density at radius 2 is 1.88 bits per heavy atom. The molecular formula is C30H27N3O6S2. The molecule has 0 saturated heterocycles. The summed E-state index contributed by atoms with van der Waals surface area (Å²) in [4.78, 5) is 43.5. The standard InChI is InChI=1S/C30H27N3O6S2/c1-3-6-23-26(29(35)38-4-2)27(24-7-5-16-40-24)32-28(34)25(41-30(32)31-23)17-19-10-14-22(15-11-19)39-18-20-8-12-21(13-9-20)33(36)37/h5,7-17,27H,3-4,6,18H2,1-2H3/b25-17-. The molecule has 4 aromatic rings. The van der Waals surface area contributed by atoms with Gasteiger partial charge in [-0.2, -0.15) is 0 Å². The Kier molecular flexibility index (Phi) is 8.55. The fourth-order valence-corrected chi connectivity index (χ4v) is 6.37. The fourth-order valence-electron chi connectivity index (χ4n) is 4.53. The highest BCUT2D eigenvalue weighted by Crippen LogP contribution is 2.34. The number of carbonyl (C=O) groups excluding carboxylic acids is 1. The van der Waals surface area contributed by atoms with E-state index in [1.807, 2.05) is 42.6 Å². The van der Waals surface area contributed by atoms with E-state index in [2.05, 4.69) is 0 Å². The largest absolute Gasteiger partial charge is 0.489 e. The lowest BCUT2D eigenvalue weighted by atomic mass is 9.99. The van der Waals surface area contributed by atoms with E-state index in [4.69, 9.17) is 14.5 Å². The van der Waals surface area contributed by atoms with E-state index in [9.17, 15) is 19.7 Å². The predicted molar refractivity (Wildman–Crippen MR) is 158 cm³/mol. The molecule has 0 bridgehead atoms. The van der Waals surface area contributed by atoms with Crippen molar-refractivity contribution >= 4 is 40.4 Å². The first kappa shape index (κ1) is 28.2. The molecule has 0 fully saturated rings. The van der Waals surface area contributed by atoms with E-state index in [0.717, 1.165) is 22.4 Å². The number of aromatic nitrogens is 1.